The number of rotatable bonds is 3. The fourth-order valence-electron chi connectivity index (χ4n) is 2.11. The summed E-state index contributed by atoms with van der Waals surface area (Å²) < 4.78 is 5.53. The Labute approximate surface area is 90.7 Å². The molecule has 1 aliphatic heterocycles. The summed E-state index contributed by atoms with van der Waals surface area (Å²) in [4.78, 5) is 4.09. The first kappa shape index (κ1) is 10.6. The number of nitrogens with two attached hydrogens (primary N) is 1. The van der Waals surface area contributed by atoms with Gasteiger partial charge in [0.25, 0.3) is 0 Å². The van der Waals surface area contributed by atoms with Crippen LogP contribution in [0.15, 0.2) is 24.5 Å². The van der Waals surface area contributed by atoms with Gasteiger partial charge in [-0.3, -0.25) is 4.98 Å². The van der Waals surface area contributed by atoms with E-state index in [4.69, 9.17) is 10.5 Å². The van der Waals surface area contributed by atoms with Crippen molar-refractivity contribution in [2.45, 2.75) is 31.9 Å². The molecule has 0 aliphatic carbocycles. The van der Waals surface area contributed by atoms with Crippen LogP contribution in [0.3, 0.4) is 0 Å². The molecule has 0 bridgehead atoms. The first-order valence-electron chi connectivity index (χ1n) is 5.52. The van der Waals surface area contributed by atoms with E-state index in [0.717, 1.165) is 19.4 Å². The third kappa shape index (κ3) is 2.76. The van der Waals surface area contributed by atoms with Crippen LogP contribution in [0.5, 0.6) is 0 Å². The predicted molar refractivity (Wildman–Crippen MR) is 59.4 cm³/mol. The van der Waals surface area contributed by atoms with Gasteiger partial charge in [-0.05, 0) is 31.4 Å². The van der Waals surface area contributed by atoms with Gasteiger partial charge in [0, 0.05) is 24.4 Å². The second kappa shape index (κ2) is 4.73. The lowest BCUT2D eigenvalue weighted by Gasteiger charge is -2.17. The van der Waals surface area contributed by atoms with Gasteiger partial charge >= 0.3 is 0 Å². The molecule has 0 aromatic carbocycles. The smallest absolute Gasteiger partial charge is 0.0551 e. The monoisotopic (exact) mass is 206 g/mol. The van der Waals surface area contributed by atoms with Crippen LogP contribution in [0, 0.1) is 5.92 Å². The molecule has 3 nitrogen and oxygen atoms in total. The van der Waals surface area contributed by atoms with Gasteiger partial charge in [-0.15, -0.1) is 0 Å². The van der Waals surface area contributed by atoms with Crippen LogP contribution < -0.4 is 5.73 Å². The number of nitrogens with zero attached hydrogens (tertiary/aromatic N) is 1. The Hall–Kier alpha value is -0.930. The van der Waals surface area contributed by atoms with Crippen molar-refractivity contribution in [2.24, 2.45) is 11.7 Å². The Kier molecular flexibility index (Phi) is 3.34. The first-order chi connectivity index (χ1) is 7.25. The molecular formula is C12H18N2O. The minimum atomic E-state index is 0.194. The van der Waals surface area contributed by atoms with E-state index < -0.39 is 0 Å². The molecule has 0 spiro atoms. The molecule has 82 valence electrons. The maximum absolute atomic E-state index is 6.17. The van der Waals surface area contributed by atoms with Gasteiger partial charge in [0.05, 0.1) is 12.7 Å². The molecule has 0 amide bonds. The van der Waals surface area contributed by atoms with Crippen molar-refractivity contribution in [3.8, 4) is 0 Å². The van der Waals surface area contributed by atoms with Crippen molar-refractivity contribution in [3.63, 3.8) is 0 Å². The summed E-state index contributed by atoms with van der Waals surface area (Å²) in [7, 11) is 0. The SMILES string of the molecule is CC1CC(C(N)Cc2cccnc2)CO1. The lowest BCUT2D eigenvalue weighted by molar-refractivity contribution is 0.118. The normalized spacial score (nSPS) is 27.9. The van der Waals surface area contributed by atoms with Gasteiger partial charge in [-0.1, -0.05) is 6.07 Å². The summed E-state index contributed by atoms with van der Waals surface area (Å²) in [6.45, 7) is 2.92. The van der Waals surface area contributed by atoms with Gasteiger partial charge in [0.2, 0.25) is 0 Å². The van der Waals surface area contributed by atoms with Gasteiger partial charge in [0.15, 0.2) is 0 Å². The molecule has 1 saturated heterocycles. The number of hydrogen-bond acceptors (Lipinski definition) is 3. The van der Waals surface area contributed by atoms with E-state index in [9.17, 15) is 0 Å². The largest absolute Gasteiger partial charge is 0.378 e. The van der Waals surface area contributed by atoms with Crippen LogP contribution in [-0.4, -0.2) is 23.7 Å². The van der Waals surface area contributed by atoms with Crippen molar-refractivity contribution in [1.29, 1.82) is 0 Å². The van der Waals surface area contributed by atoms with E-state index in [-0.39, 0.29) is 6.04 Å². The van der Waals surface area contributed by atoms with E-state index in [2.05, 4.69) is 18.0 Å². The van der Waals surface area contributed by atoms with Gasteiger partial charge in [-0.2, -0.15) is 0 Å². The molecule has 3 heteroatoms. The van der Waals surface area contributed by atoms with E-state index >= 15 is 0 Å². The quantitative estimate of drug-likeness (QED) is 0.812. The molecular weight excluding hydrogens is 188 g/mol. The van der Waals surface area contributed by atoms with Crippen molar-refractivity contribution < 1.29 is 4.74 Å². The lowest BCUT2D eigenvalue weighted by atomic mass is 9.93. The summed E-state index contributed by atoms with van der Waals surface area (Å²) in [6, 6.07) is 4.22. The maximum Gasteiger partial charge on any atom is 0.0551 e. The summed E-state index contributed by atoms with van der Waals surface area (Å²) in [5.41, 5.74) is 7.38. The van der Waals surface area contributed by atoms with E-state index in [1.165, 1.54) is 5.56 Å². The van der Waals surface area contributed by atoms with Crippen molar-refractivity contribution in [2.75, 3.05) is 6.61 Å². The molecule has 2 N–H and O–H groups in total. The second-order valence-corrected chi connectivity index (χ2v) is 4.37. The molecule has 3 unspecified atom stereocenters. The fraction of sp³-hybridized carbons (Fsp3) is 0.583. The van der Waals surface area contributed by atoms with Crippen LogP contribution in [0.1, 0.15) is 18.9 Å². The highest BCUT2D eigenvalue weighted by molar-refractivity contribution is 5.10. The fourth-order valence-corrected chi connectivity index (χ4v) is 2.11. The molecule has 0 radical (unpaired) electrons. The predicted octanol–water partition coefficient (Wildman–Crippen LogP) is 1.38. The highest BCUT2D eigenvalue weighted by Crippen LogP contribution is 2.22. The number of ether oxygens (including phenoxy) is 1. The second-order valence-electron chi connectivity index (χ2n) is 4.37. The zero-order chi connectivity index (χ0) is 10.7. The topological polar surface area (TPSA) is 48.1 Å². The Morgan fingerprint density at radius 2 is 2.53 bits per heavy atom. The molecule has 1 aliphatic rings. The van der Waals surface area contributed by atoms with Gasteiger partial charge < -0.3 is 10.5 Å². The van der Waals surface area contributed by atoms with Gasteiger partial charge in [-0.25, -0.2) is 0 Å². The average molecular weight is 206 g/mol. The van der Waals surface area contributed by atoms with Crippen LogP contribution in [0.25, 0.3) is 0 Å². The zero-order valence-corrected chi connectivity index (χ0v) is 9.10. The summed E-state index contributed by atoms with van der Waals surface area (Å²) in [5, 5.41) is 0. The molecule has 0 saturated carbocycles. The third-order valence-electron chi connectivity index (χ3n) is 3.03. The number of hydrogen-bond donors (Lipinski definition) is 1. The van der Waals surface area contributed by atoms with Crippen LogP contribution in [0.4, 0.5) is 0 Å². The van der Waals surface area contributed by atoms with Crippen molar-refractivity contribution >= 4 is 0 Å². The standard InChI is InChI=1S/C12H18N2O/c1-9-5-11(8-15-9)12(13)6-10-3-2-4-14-7-10/h2-4,7,9,11-12H,5-6,8,13H2,1H3. The van der Waals surface area contributed by atoms with E-state index in [1.807, 2.05) is 12.3 Å². The van der Waals surface area contributed by atoms with Crippen LogP contribution in [0.2, 0.25) is 0 Å². The van der Waals surface area contributed by atoms with Gasteiger partial charge in [0.1, 0.15) is 0 Å². The minimum absolute atomic E-state index is 0.194. The highest BCUT2D eigenvalue weighted by Gasteiger charge is 2.27. The highest BCUT2D eigenvalue weighted by atomic mass is 16.5. The minimum Gasteiger partial charge on any atom is -0.378 e. The molecule has 2 heterocycles. The maximum atomic E-state index is 6.17. The summed E-state index contributed by atoms with van der Waals surface area (Å²) in [6.07, 6.45) is 6.03. The molecule has 1 aromatic heterocycles. The zero-order valence-electron chi connectivity index (χ0n) is 9.10. The lowest BCUT2D eigenvalue weighted by Crippen LogP contribution is -2.32. The van der Waals surface area contributed by atoms with Crippen LogP contribution >= 0.6 is 0 Å². The Morgan fingerprint density at radius 3 is 3.13 bits per heavy atom. The summed E-state index contributed by atoms with van der Waals surface area (Å²) in [5.74, 6) is 0.500. The number of pyridine rings is 1. The third-order valence-corrected chi connectivity index (χ3v) is 3.03. The average Bonchev–Trinajstić information content (AvgIpc) is 2.66. The Morgan fingerprint density at radius 1 is 1.67 bits per heavy atom. The summed E-state index contributed by atoms with van der Waals surface area (Å²) >= 11 is 0. The van der Waals surface area contributed by atoms with Crippen molar-refractivity contribution in [1.82, 2.24) is 4.98 Å². The van der Waals surface area contributed by atoms with E-state index in [0.29, 0.717) is 12.0 Å². The molecule has 1 aromatic rings. The Bertz CT molecular complexity index is 302. The Balaban J connectivity index is 1.90. The molecule has 15 heavy (non-hydrogen) atoms. The molecule has 1 fully saturated rings. The van der Waals surface area contributed by atoms with Crippen molar-refractivity contribution in [3.05, 3.63) is 30.1 Å². The van der Waals surface area contributed by atoms with E-state index in [1.54, 1.807) is 6.20 Å². The number of aromatic nitrogens is 1. The molecule has 3 atom stereocenters. The van der Waals surface area contributed by atoms with Crippen LogP contribution in [-0.2, 0) is 11.2 Å². The first-order valence-corrected chi connectivity index (χ1v) is 5.52. The molecule has 2 rings (SSSR count).